The van der Waals surface area contributed by atoms with Crippen LogP contribution in [0.15, 0.2) is 36.9 Å². The van der Waals surface area contributed by atoms with E-state index in [0.717, 1.165) is 29.0 Å². The number of imidazole rings is 1. The third kappa shape index (κ3) is 14.1. The van der Waals surface area contributed by atoms with Crippen LogP contribution in [0.5, 0.6) is 11.5 Å². The van der Waals surface area contributed by atoms with Crippen LogP contribution in [0.3, 0.4) is 0 Å². The number of thioether (sulfide) groups is 1. The van der Waals surface area contributed by atoms with Crippen molar-refractivity contribution in [2.45, 2.75) is 50.9 Å². The molecule has 1 saturated heterocycles. The van der Waals surface area contributed by atoms with Crippen LogP contribution in [-0.2, 0) is 50.7 Å². The Bertz CT molecular complexity index is 2210. The second-order valence-electron chi connectivity index (χ2n) is 13.2. The van der Waals surface area contributed by atoms with E-state index in [4.69, 9.17) is 10.5 Å². The number of amides is 2. The zero-order chi connectivity index (χ0) is 44.6. The van der Waals surface area contributed by atoms with Gasteiger partial charge in [-0.2, -0.15) is 0 Å². The number of phenols is 2. The van der Waals surface area contributed by atoms with E-state index >= 15 is 0 Å². The van der Waals surface area contributed by atoms with E-state index in [0.29, 0.717) is 5.56 Å². The number of fused-ring (bicyclic) bond motifs is 1. The van der Waals surface area contributed by atoms with Gasteiger partial charge in [0.1, 0.15) is 36.3 Å². The van der Waals surface area contributed by atoms with Crippen molar-refractivity contribution in [1.82, 2.24) is 30.2 Å². The first-order valence-corrected chi connectivity index (χ1v) is 22.4. The molecule has 7 unspecified atom stereocenters. The number of aliphatic hydroxyl groups excluding tert-OH is 2. The van der Waals surface area contributed by atoms with Gasteiger partial charge in [-0.1, -0.05) is 37.8 Å². The fourth-order valence-electron chi connectivity index (χ4n) is 5.12. The maximum Gasteiger partial charge on any atom is 0.274 e. The minimum absolute atomic E-state index is 0.0319. The first-order chi connectivity index (χ1) is 27.9. The average Bonchev–Trinajstić information content (AvgIpc) is 3.71. The molecular formula is C30H38N7O19P3S-4. The third-order valence-electron chi connectivity index (χ3n) is 8.13. The fourth-order valence-corrected chi connectivity index (χ4v) is 8.42. The summed E-state index contributed by atoms with van der Waals surface area (Å²) in [7, 11) is -17.7. The zero-order valence-electron chi connectivity index (χ0n) is 31.2. The maximum absolute atomic E-state index is 12.6. The number of rotatable bonds is 21. The normalized spacial score (nSPS) is 21.1. The number of hydrogen-bond donors (Lipinski definition) is 7. The molecule has 0 aliphatic carbocycles. The number of phenolic OH excluding ortho intramolecular Hbond substituents is 2. The van der Waals surface area contributed by atoms with Gasteiger partial charge in [0.15, 0.2) is 29.2 Å². The monoisotopic (exact) mass is 925 g/mol. The summed E-state index contributed by atoms with van der Waals surface area (Å²) in [4.78, 5) is 96.2. The van der Waals surface area contributed by atoms with Crippen LogP contribution in [0.2, 0.25) is 0 Å². The number of phosphoric acid groups is 3. The molecule has 3 heterocycles. The van der Waals surface area contributed by atoms with Crippen molar-refractivity contribution in [1.29, 1.82) is 0 Å². The number of carbonyl (C=O) groups excluding carboxylic acids is 3. The number of phosphoric ester groups is 3. The molecule has 1 fully saturated rings. The lowest BCUT2D eigenvalue weighted by Crippen LogP contribution is -2.46. The van der Waals surface area contributed by atoms with Crippen molar-refractivity contribution in [3.05, 3.63) is 42.5 Å². The summed E-state index contributed by atoms with van der Waals surface area (Å²) >= 11 is 0.886. The summed E-state index contributed by atoms with van der Waals surface area (Å²) in [5.74, 6) is -2.13. The second kappa shape index (κ2) is 20.3. The predicted molar refractivity (Wildman–Crippen MR) is 197 cm³/mol. The van der Waals surface area contributed by atoms with E-state index in [1.807, 2.05) is 0 Å². The van der Waals surface area contributed by atoms with Gasteiger partial charge in [0.25, 0.3) is 15.6 Å². The summed E-state index contributed by atoms with van der Waals surface area (Å²) in [5, 5.41) is 44.6. The highest BCUT2D eigenvalue weighted by Gasteiger charge is 2.47. The average molecular weight is 926 g/mol. The molecule has 0 saturated carbocycles. The Balaban J connectivity index is 1.20. The van der Waals surface area contributed by atoms with E-state index in [1.165, 1.54) is 44.2 Å². The first kappa shape index (κ1) is 48.8. The number of hydrogen-bond acceptors (Lipinski definition) is 24. The molecule has 1 aliphatic rings. The smallest absolute Gasteiger partial charge is 0.274 e. The van der Waals surface area contributed by atoms with Gasteiger partial charge < -0.3 is 79.2 Å². The number of carbonyl (C=O) groups is 3. The number of nitrogens with two attached hydrogens (primary N) is 1. The van der Waals surface area contributed by atoms with Crippen LogP contribution in [0, 0.1) is 5.41 Å². The molecule has 26 nitrogen and oxygen atoms in total. The molecule has 30 heteroatoms. The van der Waals surface area contributed by atoms with Crippen molar-refractivity contribution in [3.63, 3.8) is 0 Å². The Kier molecular flexibility index (Phi) is 16.5. The molecule has 0 radical (unpaired) electrons. The van der Waals surface area contributed by atoms with E-state index in [9.17, 15) is 68.1 Å². The van der Waals surface area contributed by atoms with Crippen LogP contribution in [0.25, 0.3) is 17.2 Å². The lowest BCUT2D eigenvalue weighted by molar-refractivity contribution is -0.347. The molecule has 8 N–H and O–H groups in total. The molecule has 2 amide bonds. The van der Waals surface area contributed by atoms with Crippen molar-refractivity contribution in [2.75, 3.05) is 37.8 Å². The Morgan fingerprint density at radius 1 is 1.05 bits per heavy atom. The van der Waals surface area contributed by atoms with E-state index in [-0.39, 0.29) is 58.9 Å². The highest BCUT2D eigenvalue weighted by atomic mass is 32.2. The molecule has 332 valence electrons. The number of anilines is 1. The van der Waals surface area contributed by atoms with Gasteiger partial charge in [0.05, 0.1) is 27.4 Å². The molecule has 0 spiro atoms. The number of nitrogen functional groups attached to an aromatic ring is 1. The van der Waals surface area contributed by atoms with Crippen molar-refractivity contribution < 1.29 is 90.7 Å². The lowest BCUT2D eigenvalue weighted by Gasteiger charge is -2.36. The minimum Gasteiger partial charge on any atom is -0.790 e. The standard InChI is InChI=1S/C30H42N7O19P3S/c1-30(2,25(43)28(44)33-8-7-20(40)32-9-10-60-21(41)6-4-16-3-5-17(38)18(39)11-16)13-53-59(50,51)56-58(48,49)52-12-19-24(55-57(45,46)47)23(42)29(54-19)37-15-36-22-26(31)34-14-35-27(22)37/h3-6,11,14-15,19,23-25,29,38-39,42-43H,7-10,12-13H2,1-2H3,(H,32,40)(H,33,44)(H,48,49)(H,50,51)(H2,31,34,35)(H2,45,46,47)/p-4/b6-4+. The van der Waals surface area contributed by atoms with Gasteiger partial charge in [-0.3, -0.25) is 28.1 Å². The molecule has 2 aromatic heterocycles. The fraction of sp³-hybridized carbons (Fsp3) is 0.467. The number of nitrogens with zero attached hydrogens (tertiary/aromatic N) is 4. The van der Waals surface area contributed by atoms with Gasteiger partial charge in [0, 0.05) is 30.7 Å². The summed E-state index contributed by atoms with van der Waals surface area (Å²) in [6, 6.07) is 4.00. The number of nitrogens with one attached hydrogen (secondary N) is 2. The summed E-state index contributed by atoms with van der Waals surface area (Å²) in [6.45, 7) is -0.155. The van der Waals surface area contributed by atoms with Crippen molar-refractivity contribution in [2.24, 2.45) is 5.41 Å². The number of aromatic hydroxyl groups is 2. The number of aliphatic hydroxyl groups is 2. The van der Waals surface area contributed by atoms with Crippen LogP contribution in [0.4, 0.5) is 5.82 Å². The second-order valence-corrected chi connectivity index (χ2v) is 18.4. The van der Waals surface area contributed by atoms with Gasteiger partial charge >= 0.3 is 0 Å². The van der Waals surface area contributed by atoms with Crippen LogP contribution in [-0.4, -0.2) is 113 Å². The SMILES string of the molecule is CC(C)(COP(=O)([O-])OP(=O)([O-])OCC1OC(n2cnc3c(N)ncnc32)C(O)C1OP(=O)([O-])[O-])C(O)C(=O)NCCC(=O)NCCSC(=O)/C=C/c1ccc(O)c(O)c1. The largest absolute Gasteiger partial charge is 0.790 e. The van der Waals surface area contributed by atoms with Gasteiger partial charge in [0.2, 0.25) is 16.9 Å². The highest BCUT2D eigenvalue weighted by Crippen LogP contribution is 2.56. The van der Waals surface area contributed by atoms with Crippen molar-refractivity contribution >= 4 is 75.2 Å². The first-order valence-electron chi connectivity index (χ1n) is 17.1. The summed E-state index contributed by atoms with van der Waals surface area (Å²) in [6.07, 6.45) is -5.09. The summed E-state index contributed by atoms with van der Waals surface area (Å²) in [5.41, 5.74) is 4.48. The molecular weight excluding hydrogens is 887 g/mol. The quantitative estimate of drug-likeness (QED) is 0.0247. The highest BCUT2D eigenvalue weighted by molar-refractivity contribution is 8.14. The summed E-state index contributed by atoms with van der Waals surface area (Å²) < 4.78 is 60.5. The molecule has 4 rings (SSSR count). The molecule has 1 aliphatic heterocycles. The van der Waals surface area contributed by atoms with Crippen LogP contribution >= 0.6 is 35.2 Å². The Hall–Kier alpha value is -3.88. The van der Waals surface area contributed by atoms with Gasteiger partial charge in [-0.05, 0) is 23.8 Å². The van der Waals surface area contributed by atoms with Crippen LogP contribution < -0.4 is 35.9 Å². The molecule has 3 aromatic rings. The van der Waals surface area contributed by atoms with Gasteiger partial charge in [-0.25, -0.2) is 19.3 Å². The van der Waals surface area contributed by atoms with E-state index in [1.54, 1.807) is 0 Å². The number of ether oxygens (including phenoxy) is 1. The van der Waals surface area contributed by atoms with Crippen LogP contribution in [0.1, 0.15) is 32.1 Å². The lowest BCUT2D eigenvalue weighted by atomic mass is 9.87. The van der Waals surface area contributed by atoms with E-state index in [2.05, 4.69) is 43.5 Å². The molecule has 1 aromatic carbocycles. The van der Waals surface area contributed by atoms with E-state index < -0.39 is 84.6 Å². The molecule has 0 bridgehead atoms. The Morgan fingerprint density at radius 3 is 2.43 bits per heavy atom. The zero-order valence-corrected chi connectivity index (χ0v) is 34.7. The Morgan fingerprint density at radius 2 is 1.75 bits per heavy atom. The maximum atomic E-state index is 12.6. The minimum atomic E-state index is -5.94. The van der Waals surface area contributed by atoms with Gasteiger partial charge in [-0.15, -0.1) is 0 Å². The predicted octanol–water partition coefficient (Wildman–Crippen LogP) is -2.74. The third-order valence-corrected chi connectivity index (χ3v) is 12.0. The molecule has 7 atom stereocenters. The molecule has 60 heavy (non-hydrogen) atoms. The number of benzene rings is 1. The van der Waals surface area contributed by atoms with Crippen molar-refractivity contribution in [3.8, 4) is 11.5 Å². The number of aromatic nitrogens is 4. The topological polar surface area (TPSA) is 415 Å². The Labute approximate surface area is 343 Å².